The van der Waals surface area contributed by atoms with Gasteiger partial charge >= 0.3 is 0 Å². The summed E-state index contributed by atoms with van der Waals surface area (Å²) in [7, 11) is 0. The molecular formula is C24H28N4O5. The second kappa shape index (κ2) is 9.89. The topological polar surface area (TPSA) is 105 Å². The van der Waals surface area contributed by atoms with Crippen molar-refractivity contribution in [2.75, 3.05) is 36.4 Å². The van der Waals surface area contributed by atoms with Crippen LogP contribution in [0.1, 0.15) is 43.0 Å². The molecule has 0 bridgehead atoms. The molecule has 0 spiro atoms. The van der Waals surface area contributed by atoms with Gasteiger partial charge in [0.2, 0.25) is 5.91 Å². The Labute approximate surface area is 192 Å². The van der Waals surface area contributed by atoms with E-state index in [9.17, 15) is 19.7 Å². The maximum Gasteiger partial charge on any atom is 0.293 e. The number of carbonyl (C=O) groups is 2. The highest BCUT2D eigenvalue weighted by atomic mass is 16.6. The highest BCUT2D eigenvalue weighted by Crippen LogP contribution is 2.31. The van der Waals surface area contributed by atoms with Crippen molar-refractivity contribution in [2.45, 2.75) is 38.7 Å². The number of rotatable bonds is 6. The number of ether oxygens (including phenoxy) is 1. The van der Waals surface area contributed by atoms with E-state index in [1.807, 2.05) is 17.0 Å². The Balaban J connectivity index is 1.43. The van der Waals surface area contributed by atoms with Crippen LogP contribution in [0, 0.1) is 10.1 Å². The zero-order valence-corrected chi connectivity index (χ0v) is 18.7. The van der Waals surface area contributed by atoms with Gasteiger partial charge in [-0.1, -0.05) is 0 Å². The third-order valence-corrected chi connectivity index (χ3v) is 6.22. The quantitative estimate of drug-likeness (QED) is 0.527. The molecule has 0 unspecified atom stereocenters. The highest BCUT2D eigenvalue weighted by molar-refractivity contribution is 6.05. The number of nitro benzene ring substituents is 1. The van der Waals surface area contributed by atoms with E-state index in [-0.39, 0.29) is 23.3 Å². The molecule has 1 N–H and O–H groups in total. The van der Waals surface area contributed by atoms with E-state index < -0.39 is 10.8 Å². The number of carbonyl (C=O) groups excluding carboxylic acids is 2. The predicted molar refractivity (Wildman–Crippen MR) is 125 cm³/mol. The van der Waals surface area contributed by atoms with Gasteiger partial charge in [0.15, 0.2) is 0 Å². The molecule has 1 aliphatic carbocycles. The molecule has 174 valence electrons. The number of benzene rings is 2. The first-order valence-corrected chi connectivity index (χ1v) is 11.3. The summed E-state index contributed by atoms with van der Waals surface area (Å²) < 4.78 is 5.94. The van der Waals surface area contributed by atoms with Gasteiger partial charge in [0, 0.05) is 50.4 Å². The lowest BCUT2D eigenvalue weighted by Crippen LogP contribution is -2.48. The third-order valence-electron chi connectivity index (χ3n) is 6.22. The molecule has 1 saturated heterocycles. The van der Waals surface area contributed by atoms with Crippen molar-refractivity contribution in [3.8, 4) is 5.75 Å². The number of hydrogen-bond donors (Lipinski definition) is 1. The second-order valence-corrected chi connectivity index (χ2v) is 8.46. The monoisotopic (exact) mass is 452 g/mol. The fraction of sp³-hybridized carbons (Fsp3) is 0.417. The highest BCUT2D eigenvalue weighted by Gasteiger charge is 2.26. The minimum Gasteiger partial charge on any atom is -0.490 e. The standard InChI is InChI=1S/C24H28N4O5/c1-17(29)26-12-14-27(15-13-26)22-11-6-18(16-23(22)28(31)32)24(30)25-19-7-9-21(10-8-19)33-20-4-2-3-5-20/h6-11,16,20H,2-5,12-15H2,1H3,(H,25,30). The first kappa shape index (κ1) is 22.6. The van der Waals surface area contributed by atoms with E-state index in [2.05, 4.69) is 5.32 Å². The number of nitrogens with zero attached hydrogens (tertiary/aromatic N) is 3. The molecule has 2 fully saturated rings. The summed E-state index contributed by atoms with van der Waals surface area (Å²) in [6.07, 6.45) is 4.78. The number of nitro groups is 1. The lowest BCUT2D eigenvalue weighted by atomic mass is 10.1. The van der Waals surface area contributed by atoms with Crippen LogP contribution in [0.15, 0.2) is 42.5 Å². The molecule has 4 rings (SSSR count). The van der Waals surface area contributed by atoms with Gasteiger partial charge in [0.1, 0.15) is 11.4 Å². The number of anilines is 2. The summed E-state index contributed by atoms with van der Waals surface area (Å²) in [4.78, 5) is 39.1. The largest absolute Gasteiger partial charge is 0.490 e. The Morgan fingerprint density at radius 3 is 2.30 bits per heavy atom. The van der Waals surface area contributed by atoms with Crippen LogP contribution in [-0.2, 0) is 4.79 Å². The van der Waals surface area contributed by atoms with Gasteiger partial charge in [-0.2, -0.15) is 0 Å². The van der Waals surface area contributed by atoms with Crippen LogP contribution in [0.2, 0.25) is 0 Å². The molecule has 0 atom stereocenters. The van der Waals surface area contributed by atoms with Crippen molar-refractivity contribution < 1.29 is 19.2 Å². The van der Waals surface area contributed by atoms with E-state index in [0.29, 0.717) is 37.6 Å². The van der Waals surface area contributed by atoms with Crippen molar-refractivity contribution in [1.82, 2.24) is 4.90 Å². The van der Waals surface area contributed by atoms with Gasteiger partial charge < -0.3 is 19.9 Å². The summed E-state index contributed by atoms with van der Waals surface area (Å²) in [6, 6.07) is 11.7. The Morgan fingerprint density at radius 2 is 1.70 bits per heavy atom. The minimum atomic E-state index is -0.474. The molecule has 2 aliphatic rings. The maximum atomic E-state index is 12.7. The average Bonchev–Trinajstić information content (AvgIpc) is 3.33. The lowest BCUT2D eigenvalue weighted by Gasteiger charge is -2.35. The predicted octanol–water partition coefficient (Wildman–Crippen LogP) is 3.84. The van der Waals surface area contributed by atoms with Crippen molar-refractivity contribution in [1.29, 1.82) is 0 Å². The molecule has 33 heavy (non-hydrogen) atoms. The van der Waals surface area contributed by atoms with Crippen LogP contribution >= 0.6 is 0 Å². The van der Waals surface area contributed by atoms with Gasteiger partial charge in [-0.3, -0.25) is 19.7 Å². The van der Waals surface area contributed by atoms with E-state index in [4.69, 9.17) is 4.74 Å². The molecule has 9 nitrogen and oxygen atoms in total. The average molecular weight is 453 g/mol. The van der Waals surface area contributed by atoms with Gasteiger partial charge in [0.05, 0.1) is 11.0 Å². The molecule has 2 aromatic rings. The van der Waals surface area contributed by atoms with Gasteiger partial charge in [-0.25, -0.2) is 0 Å². The number of piperazine rings is 1. The second-order valence-electron chi connectivity index (χ2n) is 8.46. The van der Waals surface area contributed by atoms with E-state index in [0.717, 1.165) is 18.6 Å². The number of hydrogen-bond acceptors (Lipinski definition) is 6. The fourth-order valence-corrected chi connectivity index (χ4v) is 4.36. The third kappa shape index (κ3) is 5.42. The normalized spacial score (nSPS) is 16.5. The van der Waals surface area contributed by atoms with Crippen molar-refractivity contribution in [3.63, 3.8) is 0 Å². The first-order chi connectivity index (χ1) is 15.9. The Kier molecular flexibility index (Phi) is 6.76. The fourth-order valence-electron chi connectivity index (χ4n) is 4.36. The van der Waals surface area contributed by atoms with Crippen LogP contribution < -0.4 is 15.0 Å². The Hall–Kier alpha value is -3.62. The van der Waals surface area contributed by atoms with Crippen molar-refractivity contribution in [2.24, 2.45) is 0 Å². The summed E-state index contributed by atoms with van der Waals surface area (Å²) in [5.74, 6) is 0.342. The Morgan fingerprint density at radius 1 is 1.03 bits per heavy atom. The molecule has 0 aromatic heterocycles. The van der Waals surface area contributed by atoms with Gasteiger partial charge in [-0.05, 0) is 62.1 Å². The summed E-state index contributed by atoms with van der Waals surface area (Å²) in [5, 5.41) is 14.5. The summed E-state index contributed by atoms with van der Waals surface area (Å²) >= 11 is 0. The SMILES string of the molecule is CC(=O)N1CCN(c2ccc(C(=O)Nc3ccc(OC4CCCC4)cc3)cc2[N+](=O)[O-])CC1. The molecule has 2 amide bonds. The van der Waals surface area contributed by atoms with E-state index in [1.54, 1.807) is 29.2 Å². The Bertz CT molecular complexity index is 1030. The van der Waals surface area contributed by atoms with Crippen molar-refractivity contribution >= 4 is 28.9 Å². The van der Waals surface area contributed by atoms with Crippen LogP contribution in [0.4, 0.5) is 17.1 Å². The minimum absolute atomic E-state index is 0.00528. The molecule has 2 aromatic carbocycles. The van der Waals surface area contributed by atoms with E-state index in [1.165, 1.54) is 25.8 Å². The zero-order valence-electron chi connectivity index (χ0n) is 18.7. The van der Waals surface area contributed by atoms with Crippen LogP contribution in [0.3, 0.4) is 0 Å². The van der Waals surface area contributed by atoms with Gasteiger partial charge in [-0.15, -0.1) is 0 Å². The van der Waals surface area contributed by atoms with Gasteiger partial charge in [0.25, 0.3) is 11.6 Å². The number of nitrogens with one attached hydrogen (secondary N) is 1. The molecule has 1 heterocycles. The molecule has 9 heteroatoms. The zero-order chi connectivity index (χ0) is 23.4. The maximum absolute atomic E-state index is 12.7. The first-order valence-electron chi connectivity index (χ1n) is 11.3. The molecule has 0 radical (unpaired) electrons. The molecule has 1 aliphatic heterocycles. The molecule has 1 saturated carbocycles. The van der Waals surface area contributed by atoms with Crippen LogP contribution in [0.5, 0.6) is 5.75 Å². The van der Waals surface area contributed by atoms with Crippen LogP contribution in [-0.4, -0.2) is 53.9 Å². The van der Waals surface area contributed by atoms with Crippen LogP contribution in [0.25, 0.3) is 0 Å². The molecular weight excluding hydrogens is 424 g/mol. The lowest BCUT2D eigenvalue weighted by molar-refractivity contribution is -0.384. The smallest absolute Gasteiger partial charge is 0.293 e. The van der Waals surface area contributed by atoms with E-state index >= 15 is 0 Å². The van der Waals surface area contributed by atoms with Crippen molar-refractivity contribution in [3.05, 3.63) is 58.1 Å². The summed E-state index contributed by atoms with van der Waals surface area (Å²) in [5.41, 5.74) is 1.12. The summed E-state index contributed by atoms with van der Waals surface area (Å²) in [6.45, 7) is 3.54. The number of amides is 2.